The summed E-state index contributed by atoms with van der Waals surface area (Å²) in [5, 5.41) is 3.16. The van der Waals surface area contributed by atoms with Crippen molar-refractivity contribution in [3.8, 4) is 0 Å². The minimum absolute atomic E-state index is 0.630. The Kier molecular flexibility index (Phi) is 6.08. The first kappa shape index (κ1) is 20.5. The average Bonchev–Trinajstić information content (AvgIpc) is 2.51. The zero-order valence-corrected chi connectivity index (χ0v) is 20.2. The third-order valence-corrected chi connectivity index (χ3v) is 22.8. The lowest BCUT2D eigenvalue weighted by Gasteiger charge is -2.45. The molecular formula is C22H35PSi2. The SMILES string of the molecule is CC(C)P(=C([Si](C)(C)C)[Si](C)(C)C)(c1ccccc1)c1ccccc1. The summed E-state index contributed by atoms with van der Waals surface area (Å²) in [6.45, 7) is 18.8. The summed E-state index contributed by atoms with van der Waals surface area (Å²) in [7, 11) is -2.92. The Hall–Kier alpha value is -0.826. The first-order chi connectivity index (χ1) is 11.5. The van der Waals surface area contributed by atoms with Crippen molar-refractivity contribution in [2.75, 3.05) is 0 Å². The van der Waals surface area contributed by atoms with Gasteiger partial charge in [-0.1, -0.05) is 125 Å². The molecule has 0 atom stereocenters. The molecule has 0 nitrogen and oxygen atoms in total. The van der Waals surface area contributed by atoms with E-state index in [0.29, 0.717) is 5.66 Å². The van der Waals surface area contributed by atoms with Crippen molar-refractivity contribution in [3.05, 3.63) is 60.7 Å². The lowest BCUT2D eigenvalue weighted by molar-refractivity contribution is 1.10. The Balaban J connectivity index is 3.17. The minimum Gasteiger partial charge on any atom is -0.0849 e. The molecule has 136 valence electrons. The quantitative estimate of drug-likeness (QED) is 0.437. The molecule has 2 aromatic carbocycles. The topological polar surface area (TPSA) is 0 Å². The van der Waals surface area contributed by atoms with Crippen LogP contribution in [0.2, 0.25) is 39.3 Å². The molecule has 0 aliphatic heterocycles. The van der Waals surface area contributed by atoms with Crippen molar-refractivity contribution >= 4 is 38.2 Å². The molecular weight excluding hydrogens is 351 g/mol. The smallest absolute Gasteiger partial charge is 0.0691 e. The van der Waals surface area contributed by atoms with Crippen molar-refractivity contribution in [1.29, 1.82) is 0 Å². The fourth-order valence-corrected chi connectivity index (χ4v) is 29.1. The van der Waals surface area contributed by atoms with Crippen LogP contribution in [0.5, 0.6) is 0 Å². The molecule has 3 heteroatoms. The van der Waals surface area contributed by atoms with Crippen molar-refractivity contribution in [2.45, 2.75) is 58.8 Å². The maximum absolute atomic E-state index is 2.57. The van der Waals surface area contributed by atoms with Gasteiger partial charge in [-0.15, -0.1) is 0 Å². The van der Waals surface area contributed by atoms with Crippen LogP contribution < -0.4 is 10.6 Å². The zero-order chi connectivity index (χ0) is 18.9. The molecule has 0 heterocycles. The molecule has 2 aromatic rings. The summed E-state index contributed by atoms with van der Waals surface area (Å²) >= 11 is 0. The van der Waals surface area contributed by atoms with E-state index in [1.165, 1.54) is 0 Å². The fraction of sp³-hybridized carbons (Fsp3) is 0.409. The summed E-state index contributed by atoms with van der Waals surface area (Å²) in [5.41, 5.74) is 0.630. The van der Waals surface area contributed by atoms with Crippen LogP contribution in [0.3, 0.4) is 0 Å². The van der Waals surface area contributed by atoms with E-state index in [1.54, 1.807) is 10.6 Å². The summed E-state index contributed by atoms with van der Waals surface area (Å²) in [4.78, 5) is 0. The molecule has 0 amide bonds. The highest BCUT2D eigenvalue weighted by molar-refractivity contribution is 7.97. The monoisotopic (exact) mass is 386 g/mol. The second kappa shape index (κ2) is 7.42. The largest absolute Gasteiger partial charge is 0.0849 e. The van der Waals surface area contributed by atoms with Crippen LogP contribution in [-0.4, -0.2) is 26.3 Å². The lowest BCUT2D eigenvalue weighted by atomic mass is 10.4. The van der Waals surface area contributed by atoms with E-state index in [-0.39, 0.29) is 0 Å². The molecule has 0 aliphatic carbocycles. The summed E-state index contributed by atoms with van der Waals surface area (Å²) in [6.07, 6.45) is 0. The molecule has 0 fully saturated rings. The highest BCUT2D eigenvalue weighted by atomic mass is 31.2. The van der Waals surface area contributed by atoms with Gasteiger partial charge in [0.05, 0.1) is 16.1 Å². The van der Waals surface area contributed by atoms with E-state index < -0.39 is 23.0 Å². The summed E-state index contributed by atoms with van der Waals surface area (Å²) in [5.74, 6) is 0. The second-order valence-corrected chi connectivity index (χ2v) is 24.6. The Bertz CT molecular complexity index is 689. The highest BCUT2D eigenvalue weighted by Crippen LogP contribution is 2.54. The van der Waals surface area contributed by atoms with Gasteiger partial charge in [-0.2, -0.15) is 0 Å². The van der Waals surface area contributed by atoms with Crippen LogP contribution in [0.4, 0.5) is 0 Å². The molecule has 2 rings (SSSR count). The van der Waals surface area contributed by atoms with Gasteiger partial charge in [0, 0.05) is 0 Å². The van der Waals surface area contributed by atoms with Crippen molar-refractivity contribution in [1.82, 2.24) is 0 Å². The third kappa shape index (κ3) is 3.97. The number of benzene rings is 2. The van der Waals surface area contributed by atoms with Crippen molar-refractivity contribution < 1.29 is 0 Å². The maximum Gasteiger partial charge on any atom is 0.0691 e. The van der Waals surface area contributed by atoms with Crippen molar-refractivity contribution in [3.63, 3.8) is 0 Å². The van der Waals surface area contributed by atoms with Crippen LogP contribution in [0.1, 0.15) is 13.8 Å². The van der Waals surface area contributed by atoms with E-state index in [0.717, 1.165) is 0 Å². The van der Waals surface area contributed by atoms with E-state index in [2.05, 4.69) is 114 Å². The first-order valence-electron chi connectivity index (χ1n) is 9.41. The molecule has 0 saturated carbocycles. The lowest BCUT2D eigenvalue weighted by Crippen LogP contribution is -2.53. The molecule has 25 heavy (non-hydrogen) atoms. The molecule has 0 spiro atoms. The average molecular weight is 387 g/mol. The van der Waals surface area contributed by atoms with Crippen molar-refractivity contribution in [2.24, 2.45) is 0 Å². The van der Waals surface area contributed by atoms with Gasteiger partial charge >= 0.3 is 0 Å². The number of hydrogen-bond acceptors (Lipinski definition) is 0. The van der Waals surface area contributed by atoms with Crippen LogP contribution in [0.15, 0.2) is 60.7 Å². The third-order valence-electron chi connectivity index (χ3n) is 4.88. The molecule has 0 saturated heterocycles. The van der Waals surface area contributed by atoms with Crippen LogP contribution in [0, 0.1) is 0 Å². The predicted molar refractivity (Wildman–Crippen MR) is 126 cm³/mol. The highest BCUT2D eigenvalue weighted by Gasteiger charge is 2.41. The van der Waals surface area contributed by atoms with Gasteiger partial charge < -0.3 is 0 Å². The van der Waals surface area contributed by atoms with Crippen LogP contribution in [0.25, 0.3) is 0 Å². The number of rotatable bonds is 5. The molecule has 0 aromatic heterocycles. The standard InChI is InChI=1S/C22H35PSi2/c1-19(2)23(20-15-11-9-12-16-20,21-17-13-10-14-18-21)22(24(3,4)5)25(6,7)8/h9-19H,1-8H3. The summed E-state index contributed by atoms with van der Waals surface area (Å²) < 4.78 is 1.99. The Labute approximate surface area is 157 Å². The van der Waals surface area contributed by atoms with Gasteiger partial charge in [0.25, 0.3) is 0 Å². The van der Waals surface area contributed by atoms with E-state index in [9.17, 15) is 0 Å². The first-order valence-corrected chi connectivity index (χ1v) is 18.3. The van der Waals surface area contributed by atoms with E-state index in [4.69, 9.17) is 0 Å². The number of hydrogen-bond donors (Lipinski definition) is 0. The Morgan fingerprint density at radius 1 is 0.640 bits per heavy atom. The normalized spacial score (nSPS) is 13.2. The molecule has 0 radical (unpaired) electrons. The zero-order valence-electron chi connectivity index (χ0n) is 17.3. The van der Waals surface area contributed by atoms with Gasteiger partial charge in [0.2, 0.25) is 0 Å². The van der Waals surface area contributed by atoms with Crippen LogP contribution in [-0.2, 0) is 0 Å². The molecule has 0 N–H and O–H groups in total. The van der Waals surface area contributed by atoms with Gasteiger partial charge in [-0.25, -0.2) is 0 Å². The maximum atomic E-state index is 2.57. The predicted octanol–water partition coefficient (Wildman–Crippen LogP) is 5.99. The fourth-order valence-electron chi connectivity index (χ4n) is 4.77. The summed E-state index contributed by atoms with van der Waals surface area (Å²) in [6, 6.07) is 22.9. The van der Waals surface area contributed by atoms with Gasteiger partial charge in [-0.3, -0.25) is 0 Å². The second-order valence-electron chi connectivity index (χ2n) is 9.34. The molecule has 0 aliphatic rings. The van der Waals surface area contributed by atoms with Gasteiger partial charge in [0.1, 0.15) is 0 Å². The van der Waals surface area contributed by atoms with E-state index in [1.807, 2.05) is 4.54 Å². The van der Waals surface area contributed by atoms with Gasteiger partial charge in [-0.05, 0) is 16.3 Å². The minimum atomic E-state index is -1.59. The molecule has 0 bridgehead atoms. The van der Waals surface area contributed by atoms with Crippen LogP contribution >= 0.6 is 6.89 Å². The molecule has 0 unspecified atom stereocenters. The van der Waals surface area contributed by atoms with E-state index >= 15 is 0 Å². The van der Waals surface area contributed by atoms with Gasteiger partial charge in [0.15, 0.2) is 0 Å². The Morgan fingerprint density at radius 3 is 1.20 bits per heavy atom. The Morgan fingerprint density at radius 2 is 0.960 bits per heavy atom.